The number of aliphatic hydroxyl groups excluding tert-OH is 2. The minimum absolute atomic E-state index is 0.334. The molecule has 0 radical (unpaired) electrons. The second-order valence-corrected chi connectivity index (χ2v) is 2.68. The van der Waals surface area contributed by atoms with Crippen LogP contribution in [0.3, 0.4) is 0 Å². The molecule has 1 rings (SSSR count). The molecule has 0 amide bonds. The van der Waals surface area contributed by atoms with Crippen LogP contribution in [0, 0.1) is 0 Å². The first-order valence-corrected chi connectivity index (χ1v) is 3.89. The Labute approximate surface area is 75.6 Å². The fourth-order valence-electron chi connectivity index (χ4n) is 1.05. The van der Waals surface area contributed by atoms with Crippen LogP contribution in [0.15, 0.2) is 12.2 Å². The van der Waals surface area contributed by atoms with Crippen LogP contribution in [0.1, 0.15) is 0 Å². The molecule has 1 heterocycles. The molecular weight excluding hydrogens is 176 g/mol. The Morgan fingerprint density at radius 3 is 2.85 bits per heavy atom. The molecule has 2 N–H and O–H groups in total. The molecule has 1 aliphatic heterocycles. The summed E-state index contributed by atoms with van der Waals surface area (Å²) >= 11 is 0. The summed E-state index contributed by atoms with van der Waals surface area (Å²) < 4.78 is 9.48. The quantitative estimate of drug-likeness (QED) is 0.422. The molecule has 1 aliphatic rings. The minimum atomic E-state index is -0.870. The summed E-state index contributed by atoms with van der Waals surface area (Å²) in [4.78, 5) is 11.0. The molecule has 0 fully saturated rings. The standard InChI is InChI=1S/C8H12O5/c1-12-8(11)6-3-2-5(10)7(4-9)13-6/h2-3,5-7,9-10H,4H2,1H3. The molecule has 5 nitrogen and oxygen atoms in total. The zero-order chi connectivity index (χ0) is 9.84. The van der Waals surface area contributed by atoms with Gasteiger partial charge in [-0.25, -0.2) is 4.79 Å². The summed E-state index contributed by atoms with van der Waals surface area (Å²) in [5.74, 6) is -0.540. The SMILES string of the molecule is COC(=O)C1C=CC(O)C(CO)O1. The van der Waals surface area contributed by atoms with Crippen LogP contribution in [0.5, 0.6) is 0 Å². The number of methoxy groups -OCH3 is 1. The Hall–Kier alpha value is -0.910. The molecule has 0 bridgehead atoms. The van der Waals surface area contributed by atoms with Gasteiger partial charge in [0.2, 0.25) is 0 Å². The molecule has 3 atom stereocenters. The fourth-order valence-corrected chi connectivity index (χ4v) is 1.05. The van der Waals surface area contributed by atoms with E-state index in [0.29, 0.717) is 0 Å². The van der Waals surface area contributed by atoms with Gasteiger partial charge in [-0.15, -0.1) is 0 Å². The van der Waals surface area contributed by atoms with Gasteiger partial charge in [-0.2, -0.15) is 0 Å². The Bertz CT molecular complexity index is 213. The van der Waals surface area contributed by atoms with E-state index in [-0.39, 0.29) is 6.61 Å². The fraction of sp³-hybridized carbons (Fsp3) is 0.625. The first-order chi connectivity index (χ1) is 6.19. The average molecular weight is 188 g/mol. The largest absolute Gasteiger partial charge is 0.467 e. The Kier molecular flexibility index (Phi) is 3.41. The van der Waals surface area contributed by atoms with Crippen LogP contribution in [0.4, 0.5) is 0 Å². The summed E-state index contributed by atoms with van der Waals surface area (Å²) in [5.41, 5.74) is 0. The van der Waals surface area contributed by atoms with Crippen LogP contribution in [0.2, 0.25) is 0 Å². The lowest BCUT2D eigenvalue weighted by molar-refractivity contribution is -0.160. The molecule has 13 heavy (non-hydrogen) atoms. The Morgan fingerprint density at radius 2 is 2.31 bits per heavy atom. The molecular formula is C8H12O5. The number of aliphatic hydroxyl groups is 2. The van der Waals surface area contributed by atoms with Crippen molar-refractivity contribution >= 4 is 5.97 Å². The highest BCUT2D eigenvalue weighted by Gasteiger charge is 2.29. The van der Waals surface area contributed by atoms with E-state index in [9.17, 15) is 9.90 Å². The van der Waals surface area contributed by atoms with Gasteiger partial charge in [-0.1, -0.05) is 6.08 Å². The van der Waals surface area contributed by atoms with Crippen molar-refractivity contribution in [3.8, 4) is 0 Å². The van der Waals surface area contributed by atoms with Crippen molar-refractivity contribution in [1.29, 1.82) is 0 Å². The topological polar surface area (TPSA) is 76.0 Å². The smallest absolute Gasteiger partial charge is 0.339 e. The summed E-state index contributed by atoms with van der Waals surface area (Å²) in [7, 11) is 1.25. The van der Waals surface area contributed by atoms with Crippen molar-refractivity contribution in [1.82, 2.24) is 0 Å². The molecule has 3 unspecified atom stereocenters. The maximum Gasteiger partial charge on any atom is 0.339 e. The summed E-state index contributed by atoms with van der Waals surface area (Å²) in [6.45, 7) is -0.334. The highest BCUT2D eigenvalue weighted by Crippen LogP contribution is 2.13. The predicted molar refractivity (Wildman–Crippen MR) is 42.9 cm³/mol. The van der Waals surface area contributed by atoms with Crippen LogP contribution >= 0.6 is 0 Å². The average Bonchev–Trinajstić information content (AvgIpc) is 2.17. The van der Waals surface area contributed by atoms with Crippen molar-refractivity contribution in [3.63, 3.8) is 0 Å². The van der Waals surface area contributed by atoms with Crippen molar-refractivity contribution in [3.05, 3.63) is 12.2 Å². The van der Waals surface area contributed by atoms with Gasteiger partial charge in [-0.05, 0) is 6.08 Å². The van der Waals surface area contributed by atoms with Crippen LogP contribution in [-0.4, -0.2) is 48.2 Å². The van der Waals surface area contributed by atoms with Crippen molar-refractivity contribution < 1.29 is 24.5 Å². The first-order valence-electron chi connectivity index (χ1n) is 3.89. The molecule has 0 saturated carbocycles. The van der Waals surface area contributed by atoms with E-state index in [4.69, 9.17) is 9.84 Å². The van der Waals surface area contributed by atoms with Gasteiger partial charge in [0.25, 0.3) is 0 Å². The number of hydrogen-bond acceptors (Lipinski definition) is 5. The van der Waals surface area contributed by atoms with Crippen LogP contribution in [0.25, 0.3) is 0 Å². The number of esters is 1. The third kappa shape index (κ3) is 2.27. The third-order valence-electron chi connectivity index (χ3n) is 1.80. The predicted octanol–water partition coefficient (Wildman–Crippen LogP) is -1.16. The number of hydrogen-bond donors (Lipinski definition) is 2. The molecule has 0 aliphatic carbocycles. The zero-order valence-corrected chi connectivity index (χ0v) is 7.21. The monoisotopic (exact) mass is 188 g/mol. The lowest BCUT2D eigenvalue weighted by Crippen LogP contribution is -2.41. The van der Waals surface area contributed by atoms with Gasteiger partial charge in [0.05, 0.1) is 13.7 Å². The number of rotatable bonds is 2. The molecule has 5 heteroatoms. The highest BCUT2D eigenvalue weighted by molar-refractivity contribution is 5.77. The van der Waals surface area contributed by atoms with E-state index in [1.807, 2.05) is 0 Å². The van der Waals surface area contributed by atoms with E-state index in [1.165, 1.54) is 19.3 Å². The Balaban J connectivity index is 2.62. The van der Waals surface area contributed by atoms with Gasteiger partial charge in [0.15, 0.2) is 6.10 Å². The van der Waals surface area contributed by atoms with Gasteiger partial charge >= 0.3 is 5.97 Å². The molecule has 0 aromatic heterocycles. The van der Waals surface area contributed by atoms with Crippen LogP contribution in [-0.2, 0) is 14.3 Å². The van der Waals surface area contributed by atoms with E-state index in [2.05, 4.69) is 4.74 Å². The number of carbonyl (C=O) groups excluding carboxylic acids is 1. The van der Waals surface area contributed by atoms with Gasteiger partial charge in [0.1, 0.15) is 12.2 Å². The summed E-state index contributed by atoms with van der Waals surface area (Å²) in [6.07, 6.45) is 0.361. The van der Waals surface area contributed by atoms with E-state index in [1.54, 1.807) is 0 Å². The Morgan fingerprint density at radius 1 is 1.62 bits per heavy atom. The maximum atomic E-state index is 11.0. The summed E-state index contributed by atoms with van der Waals surface area (Å²) in [5, 5.41) is 18.0. The summed E-state index contributed by atoms with van der Waals surface area (Å²) in [6, 6.07) is 0. The lowest BCUT2D eigenvalue weighted by Gasteiger charge is -2.26. The zero-order valence-electron chi connectivity index (χ0n) is 7.21. The van der Waals surface area contributed by atoms with E-state index >= 15 is 0 Å². The first kappa shape index (κ1) is 10.2. The number of carbonyl (C=O) groups is 1. The van der Waals surface area contributed by atoms with Crippen LogP contribution < -0.4 is 0 Å². The van der Waals surface area contributed by atoms with Crippen molar-refractivity contribution in [2.45, 2.75) is 18.3 Å². The second-order valence-electron chi connectivity index (χ2n) is 2.68. The molecule has 0 saturated heterocycles. The number of ether oxygens (including phenoxy) is 2. The van der Waals surface area contributed by atoms with Crippen molar-refractivity contribution in [2.75, 3.05) is 13.7 Å². The van der Waals surface area contributed by atoms with Gasteiger partial charge in [0, 0.05) is 0 Å². The third-order valence-corrected chi connectivity index (χ3v) is 1.80. The van der Waals surface area contributed by atoms with E-state index in [0.717, 1.165) is 0 Å². The second kappa shape index (κ2) is 4.36. The minimum Gasteiger partial charge on any atom is -0.467 e. The maximum absolute atomic E-state index is 11.0. The van der Waals surface area contributed by atoms with Crippen molar-refractivity contribution in [2.24, 2.45) is 0 Å². The van der Waals surface area contributed by atoms with Gasteiger partial charge < -0.3 is 19.7 Å². The van der Waals surface area contributed by atoms with Gasteiger partial charge in [-0.3, -0.25) is 0 Å². The molecule has 0 aromatic carbocycles. The molecule has 0 aromatic rings. The lowest BCUT2D eigenvalue weighted by atomic mass is 10.1. The molecule has 0 spiro atoms. The molecule has 74 valence electrons. The normalized spacial score (nSPS) is 33.0. The highest BCUT2D eigenvalue weighted by atomic mass is 16.6. The van der Waals surface area contributed by atoms with E-state index < -0.39 is 24.3 Å².